The van der Waals surface area contributed by atoms with E-state index in [0.717, 1.165) is 16.1 Å². The molecule has 0 aromatic carbocycles. The van der Waals surface area contributed by atoms with Crippen LogP contribution in [0.2, 0.25) is 0 Å². The van der Waals surface area contributed by atoms with Crippen LogP contribution in [0.5, 0.6) is 0 Å². The van der Waals surface area contributed by atoms with Crippen molar-refractivity contribution in [1.29, 1.82) is 0 Å². The standard InChI is InChI=1S/C10H15N3S/c11-7-8-5-6-12-10(13-8)14-9-3-1-2-4-9/h5-6,9H,1-4,7,11H2. The molecule has 0 spiro atoms. The molecule has 0 saturated heterocycles. The fraction of sp³-hybridized carbons (Fsp3) is 0.600. The summed E-state index contributed by atoms with van der Waals surface area (Å²) in [6.45, 7) is 0.501. The van der Waals surface area contributed by atoms with E-state index in [1.165, 1.54) is 25.7 Å². The Labute approximate surface area is 88.5 Å². The zero-order valence-electron chi connectivity index (χ0n) is 8.15. The molecule has 1 saturated carbocycles. The molecule has 0 aliphatic heterocycles. The van der Waals surface area contributed by atoms with Crippen molar-refractivity contribution in [3.8, 4) is 0 Å². The summed E-state index contributed by atoms with van der Waals surface area (Å²) in [6, 6.07) is 1.87. The molecule has 1 aromatic heterocycles. The number of rotatable bonds is 3. The van der Waals surface area contributed by atoms with Gasteiger partial charge in [-0.1, -0.05) is 24.6 Å². The average molecular weight is 209 g/mol. The number of hydrogen-bond acceptors (Lipinski definition) is 4. The molecule has 1 aromatic rings. The van der Waals surface area contributed by atoms with Gasteiger partial charge in [-0.05, 0) is 18.9 Å². The predicted molar refractivity (Wildman–Crippen MR) is 58.0 cm³/mol. The minimum Gasteiger partial charge on any atom is -0.325 e. The van der Waals surface area contributed by atoms with Gasteiger partial charge in [0.2, 0.25) is 0 Å². The number of aromatic nitrogens is 2. The molecule has 1 heterocycles. The van der Waals surface area contributed by atoms with Gasteiger partial charge in [0.25, 0.3) is 0 Å². The third kappa shape index (κ3) is 2.45. The second-order valence-corrected chi connectivity index (χ2v) is 4.83. The van der Waals surface area contributed by atoms with Crippen molar-refractivity contribution in [3.63, 3.8) is 0 Å². The second-order valence-electron chi connectivity index (χ2n) is 3.56. The van der Waals surface area contributed by atoms with E-state index in [-0.39, 0.29) is 0 Å². The van der Waals surface area contributed by atoms with E-state index in [2.05, 4.69) is 9.97 Å². The van der Waals surface area contributed by atoms with Gasteiger partial charge in [0.05, 0.1) is 5.69 Å². The first kappa shape index (κ1) is 9.93. The lowest BCUT2D eigenvalue weighted by molar-refractivity contribution is 0.851. The lowest BCUT2D eigenvalue weighted by Gasteiger charge is -2.06. The molecule has 3 nitrogen and oxygen atoms in total. The molecule has 76 valence electrons. The van der Waals surface area contributed by atoms with Crippen LogP contribution in [0.4, 0.5) is 0 Å². The third-order valence-electron chi connectivity index (χ3n) is 2.47. The van der Waals surface area contributed by atoms with Crippen LogP contribution in [0, 0.1) is 0 Å². The van der Waals surface area contributed by atoms with Crippen molar-refractivity contribution in [3.05, 3.63) is 18.0 Å². The highest BCUT2D eigenvalue weighted by Crippen LogP contribution is 2.32. The first-order valence-electron chi connectivity index (χ1n) is 5.07. The first-order valence-corrected chi connectivity index (χ1v) is 5.95. The van der Waals surface area contributed by atoms with Crippen molar-refractivity contribution in [2.75, 3.05) is 0 Å². The van der Waals surface area contributed by atoms with Gasteiger partial charge in [-0.2, -0.15) is 0 Å². The smallest absolute Gasteiger partial charge is 0.188 e. The molecule has 1 aliphatic rings. The Bertz CT molecular complexity index is 297. The molecule has 0 radical (unpaired) electrons. The Hall–Kier alpha value is -0.610. The highest BCUT2D eigenvalue weighted by molar-refractivity contribution is 7.99. The summed E-state index contributed by atoms with van der Waals surface area (Å²) in [6.07, 6.45) is 7.12. The van der Waals surface area contributed by atoms with E-state index < -0.39 is 0 Å². The maximum atomic E-state index is 5.53. The van der Waals surface area contributed by atoms with Gasteiger partial charge in [-0.25, -0.2) is 9.97 Å². The van der Waals surface area contributed by atoms with Crippen molar-refractivity contribution in [2.45, 2.75) is 42.6 Å². The highest BCUT2D eigenvalue weighted by Gasteiger charge is 2.17. The van der Waals surface area contributed by atoms with Crippen LogP contribution in [0.15, 0.2) is 17.4 Å². The number of thioether (sulfide) groups is 1. The maximum absolute atomic E-state index is 5.53. The molecule has 0 bridgehead atoms. The largest absolute Gasteiger partial charge is 0.325 e. The van der Waals surface area contributed by atoms with Crippen molar-refractivity contribution in [2.24, 2.45) is 5.73 Å². The molecule has 1 fully saturated rings. The summed E-state index contributed by atoms with van der Waals surface area (Å²) in [5, 5.41) is 1.61. The predicted octanol–water partition coefficient (Wildman–Crippen LogP) is 1.97. The normalized spacial score (nSPS) is 17.5. The first-order chi connectivity index (χ1) is 6.88. The summed E-state index contributed by atoms with van der Waals surface area (Å²) in [5.74, 6) is 0. The molecule has 4 heteroatoms. The van der Waals surface area contributed by atoms with Gasteiger partial charge in [0.15, 0.2) is 5.16 Å². The van der Waals surface area contributed by atoms with Crippen molar-refractivity contribution < 1.29 is 0 Å². The van der Waals surface area contributed by atoms with E-state index >= 15 is 0 Å². The average Bonchev–Trinajstić information content (AvgIpc) is 2.71. The van der Waals surface area contributed by atoms with E-state index in [1.54, 1.807) is 18.0 Å². The summed E-state index contributed by atoms with van der Waals surface area (Å²) < 4.78 is 0. The summed E-state index contributed by atoms with van der Waals surface area (Å²) in [7, 11) is 0. The van der Waals surface area contributed by atoms with E-state index in [1.807, 2.05) is 6.07 Å². The van der Waals surface area contributed by atoms with E-state index in [4.69, 9.17) is 5.73 Å². The number of nitrogens with two attached hydrogens (primary N) is 1. The topological polar surface area (TPSA) is 51.8 Å². The minimum absolute atomic E-state index is 0.501. The van der Waals surface area contributed by atoms with Gasteiger partial charge in [0.1, 0.15) is 0 Å². The molecular formula is C10H15N3S. The van der Waals surface area contributed by atoms with Crippen LogP contribution in [0.3, 0.4) is 0 Å². The summed E-state index contributed by atoms with van der Waals surface area (Å²) in [4.78, 5) is 8.63. The Morgan fingerprint density at radius 1 is 1.43 bits per heavy atom. The molecule has 2 N–H and O–H groups in total. The van der Waals surface area contributed by atoms with Crippen LogP contribution in [-0.2, 0) is 6.54 Å². The van der Waals surface area contributed by atoms with Crippen molar-refractivity contribution in [1.82, 2.24) is 9.97 Å². The molecule has 0 unspecified atom stereocenters. The zero-order valence-corrected chi connectivity index (χ0v) is 8.96. The molecular weight excluding hydrogens is 194 g/mol. The summed E-state index contributed by atoms with van der Waals surface area (Å²) >= 11 is 1.80. The van der Waals surface area contributed by atoms with Crippen molar-refractivity contribution >= 4 is 11.8 Å². The zero-order chi connectivity index (χ0) is 9.80. The van der Waals surface area contributed by atoms with Crippen LogP contribution in [-0.4, -0.2) is 15.2 Å². The molecule has 2 rings (SSSR count). The lowest BCUT2D eigenvalue weighted by Crippen LogP contribution is -2.03. The van der Waals surface area contributed by atoms with Crippen LogP contribution >= 0.6 is 11.8 Å². The van der Waals surface area contributed by atoms with Gasteiger partial charge in [0, 0.05) is 18.0 Å². The van der Waals surface area contributed by atoms with Gasteiger partial charge in [-0.15, -0.1) is 0 Å². The summed E-state index contributed by atoms with van der Waals surface area (Å²) in [5.41, 5.74) is 6.46. The Morgan fingerprint density at radius 2 is 2.21 bits per heavy atom. The van der Waals surface area contributed by atoms with Crippen LogP contribution < -0.4 is 5.73 Å². The Balaban J connectivity index is 2.00. The minimum atomic E-state index is 0.501. The number of hydrogen-bond donors (Lipinski definition) is 1. The monoisotopic (exact) mass is 209 g/mol. The number of nitrogens with zero attached hydrogens (tertiary/aromatic N) is 2. The van der Waals surface area contributed by atoms with E-state index in [9.17, 15) is 0 Å². The van der Waals surface area contributed by atoms with Gasteiger partial charge in [-0.3, -0.25) is 0 Å². The molecule has 0 atom stereocenters. The van der Waals surface area contributed by atoms with Gasteiger partial charge >= 0.3 is 0 Å². The Morgan fingerprint density at radius 3 is 2.93 bits per heavy atom. The quantitative estimate of drug-likeness (QED) is 0.773. The Kier molecular flexibility index (Phi) is 3.37. The maximum Gasteiger partial charge on any atom is 0.188 e. The second kappa shape index (κ2) is 4.75. The molecule has 0 amide bonds. The van der Waals surface area contributed by atoms with E-state index in [0.29, 0.717) is 6.54 Å². The van der Waals surface area contributed by atoms with Gasteiger partial charge < -0.3 is 5.73 Å². The highest BCUT2D eigenvalue weighted by atomic mass is 32.2. The third-order valence-corrected chi connectivity index (χ3v) is 3.69. The molecule has 14 heavy (non-hydrogen) atoms. The molecule has 1 aliphatic carbocycles. The fourth-order valence-electron chi connectivity index (χ4n) is 1.70. The lowest BCUT2D eigenvalue weighted by atomic mass is 10.4. The van der Waals surface area contributed by atoms with Crippen LogP contribution in [0.1, 0.15) is 31.4 Å². The van der Waals surface area contributed by atoms with Crippen LogP contribution in [0.25, 0.3) is 0 Å². The SMILES string of the molecule is NCc1ccnc(SC2CCCC2)n1. The fourth-order valence-corrected chi connectivity index (χ4v) is 2.86.